The Labute approximate surface area is 266 Å². The summed E-state index contributed by atoms with van der Waals surface area (Å²) in [7, 11) is -4.18. The van der Waals surface area contributed by atoms with Crippen LogP contribution in [0.4, 0.5) is 5.69 Å². The molecule has 4 aromatic rings. The number of nitrogens with zero attached hydrogens (tertiary/aromatic N) is 2. The van der Waals surface area contributed by atoms with E-state index >= 15 is 0 Å². The van der Waals surface area contributed by atoms with Crippen LogP contribution in [0.25, 0.3) is 0 Å². The molecule has 0 aliphatic carbocycles. The second kappa shape index (κ2) is 14.9. The molecule has 0 saturated heterocycles. The Kier molecular flexibility index (Phi) is 11.0. The van der Waals surface area contributed by atoms with Crippen LogP contribution in [-0.2, 0) is 26.2 Å². The van der Waals surface area contributed by atoms with E-state index in [1.165, 1.54) is 17.0 Å². The first-order chi connectivity index (χ1) is 21.5. The van der Waals surface area contributed by atoms with Crippen LogP contribution >= 0.6 is 0 Å². The number of anilines is 1. The highest BCUT2D eigenvalue weighted by Gasteiger charge is 2.32. The third-order valence-corrected chi connectivity index (χ3v) is 9.23. The Bertz CT molecular complexity index is 1690. The molecule has 1 atom stereocenters. The van der Waals surface area contributed by atoms with Crippen LogP contribution in [0.15, 0.2) is 108 Å². The predicted octanol–water partition coefficient (Wildman–Crippen LogP) is 6.48. The van der Waals surface area contributed by atoms with Crippen molar-refractivity contribution < 1.29 is 22.7 Å². The first-order valence-electron chi connectivity index (χ1n) is 15.0. The van der Waals surface area contributed by atoms with Crippen molar-refractivity contribution >= 4 is 27.5 Å². The van der Waals surface area contributed by atoms with Crippen LogP contribution in [0.1, 0.15) is 37.5 Å². The Hall–Kier alpha value is -4.63. The molecule has 4 rings (SSSR count). The van der Waals surface area contributed by atoms with Gasteiger partial charge in [0.2, 0.25) is 11.8 Å². The minimum atomic E-state index is -4.18. The molecular formula is C36H41N3O5S. The van der Waals surface area contributed by atoms with Gasteiger partial charge in [0.1, 0.15) is 24.1 Å². The van der Waals surface area contributed by atoms with E-state index in [0.717, 1.165) is 21.0 Å². The van der Waals surface area contributed by atoms with Crippen molar-refractivity contribution in [2.24, 2.45) is 5.92 Å². The van der Waals surface area contributed by atoms with Gasteiger partial charge in [-0.25, -0.2) is 8.42 Å². The second-order valence-electron chi connectivity index (χ2n) is 11.5. The summed E-state index contributed by atoms with van der Waals surface area (Å²) in [5.41, 5.74) is 3.02. The summed E-state index contributed by atoms with van der Waals surface area (Å²) in [5, 5.41) is 2.91. The molecule has 0 saturated carbocycles. The largest absolute Gasteiger partial charge is 0.457 e. The zero-order valence-corrected chi connectivity index (χ0v) is 27.3. The molecule has 0 bridgehead atoms. The van der Waals surface area contributed by atoms with E-state index in [9.17, 15) is 18.0 Å². The molecule has 0 radical (unpaired) electrons. The summed E-state index contributed by atoms with van der Waals surface area (Å²) < 4.78 is 35.2. The summed E-state index contributed by atoms with van der Waals surface area (Å²) in [6, 6.07) is 29.1. The van der Waals surface area contributed by atoms with Gasteiger partial charge in [-0.05, 0) is 86.3 Å². The number of rotatable bonds is 13. The minimum Gasteiger partial charge on any atom is -0.457 e. The minimum absolute atomic E-state index is 0.0543. The molecule has 45 heavy (non-hydrogen) atoms. The van der Waals surface area contributed by atoms with Crippen LogP contribution in [0.5, 0.6) is 11.5 Å². The molecule has 0 heterocycles. The molecular weight excluding hydrogens is 586 g/mol. The van der Waals surface area contributed by atoms with E-state index < -0.39 is 28.5 Å². The van der Waals surface area contributed by atoms with Crippen molar-refractivity contribution in [3.63, 3.8) is 0 Å². The fraction of sp³-hybridized carbons (Fsp3) is 0.278. The number of para-hydroxylation sites is 1. The highest BCUT2D eigenvalue weighted by molar-refractivity contribution is 7.92. The first-order valence-corrected chi connectivity index (χ1v) is 16.4. The van der Waals surface area contributed by atoms with E-state index in [4.69, 9.17) is 4.74 Å². The first kappa shape index (κ1) is 33.3. The maximum Gasteiger partial charge on any atom is 0.264 e. The number of nitrogens with one attached hydrogen (secondary N) is 1. The molecule has 0 fully saturated rings. The maximum atomic E-state index is 14.2. The van der Waals surface area contributed by atoms with Gasteiger partial charge in [-0.3, -0.25) is 13.9 Å². The Morgan fingerprint density at radius 2 is 1.38 bits per heavy atom. The number of benzene rings is 4. The highest BCUT2D eigenvalue weighted by Crippen LogP contribution is 2.29. The van der Waals surface area contributed by atoms with E-state index in [1.807, 2.05) is 82.3 Å². The topological polar surface area (TPSA) is 96.0 Å². The van der Waals surface area contributed by atoms with Gasteiger partial charge >= 0.3 is 0 Å². The standard InChI is InChI=1S/C36H41N3O5S/c1-26(2)23-37-36(41)29(5)38(24-30-12-10-9-11-28(30)4)35(40)25-39(45(42,43)34-21-15-27(3)16-22-34)31-17-19-33(20-18-31)44-32-13-7-6-8-14-32/h6-22,26,29H,23-25H2,1-5H3,(H,37,41). The predicted molar refractivity (Wildman–Crippen MR) is 178 cm³/mol. The summed E-state index contributed by atoms with van der Waals surface area (Å²) in [6.45, 7) is 9.55. The molecule has 0 aliphatic heterocycles. The summed E-state index contributed by atoms with van der Waals surface area (Å²) in [6.07, 6.45) is 0. The van der Waals surface area contributed by atoms with E-state index in [1.54, 1.807) is 43.3 Å². The van der Waals surface area contributed by atoms with E-state index in [0.29, 0.717) is 18.0 Å². The lowest BCUT2D eigenvalue weighted by Crippen LogP contribution is -2.51. The van der Waals surface area contributed by atoms with Gasteiger partial charge in [-0.1, -0.05) is 74.0 Å². The van der Waals surface area contributed by atoms with Crippen LogP contribution in [0, 0.1) is 19.8 Å². The molecule has 236 valence electrons. The van der Waals surface area contributed by atoms with Crippen LogP contribution in [0.3, 0.4) is 0 Å². The Balaban J connectivity index is 1.70. The van der Waals surface area contributed by atoms with Crippen molar-refractivity contribution in [3.05, 3.63) is 120 Å². The van der Waals surface area contributed by atoms with Gasteiger partial charge in [0.15, 0.2) is 0 Å². The number of aryl methyl sites for hydroxylation is 2. The molecule has 0 aromatic heterocycles. The second-order valence-corrected chi connectivity index (χ2v) is 13.4. The van der Waals surface area contributed by atoms with E-state index in [2.05, 4.69) is 5.32 Å². The lowest BCUT2D eigenvalue weighted by atomic mass is 10.1. The number of sulfonamides is 1. The Morgan fingerprint density at radius 1 is 0.778 bits per heavy atom. The lowest BCUT2D eigenvalue weighted by Gasteiger charge is -2.32. The average Bonchev–Trinajstić information content (AvgIpc) is 3.02. The summed E-state index contributed by atoms with van der Waals surface area (Å²) in [4.78, 5) is 28.9. The summed E-state index contributed by atoms with van der Waals surface area (Å²) in [5.74, 6) is 0.569. The summed E-state index contributed by atoms with van der Waals surface area (Å²) >= 11 is 0. The molecule has 0 aliphatic rings. The van der Waals surface area contributed by atoms with Gasteiger partial charge < -0.3 is 15.0 Å². The van der Waals surface area contributed by atoms with Gasteiger partial charge in [-0.15, -0.1) is 0 Å². The zero-order valence-electron chi connectivity index (χ0n) is 26.4. The zero-order chi connectivity index (χ0) is 32.6. The van der Waals surface area contributed by atoms with E-state index in [-0.39, 0.29) is 29.0 Å². The van der Waals surface area contributed by atoms with Gasteiger partial charge in [0.05, 0.1) is 10.6 Å². The van der Waals surface area contributed by atoms with Gasteiger partial charge in [-0.2, -0.15) is 0 Å². The monoisotopic (exact) mass is 627 g/mol. The fourth-order valence-electron chi connectivity index (χ4n) is 4.68. The number of ether oxygens (including phenoxy) is 1. The maximum absolute atomic E-state index is 14.2. The number of amides is 2. The molecule has 2 amide bonds. The molecule has 0 spiro atoms. The molecule has 8 nitrogen and oxygen atoms in total. The Morgan fingerprint density at radius 3 is 2.00 bits per heavy atom. The van der Waals surface area contributed by atoms with Crippen molar-refractivity contribution in [2.75, 3.05) is 17.4 Å². The third kappa shape index (κ3) is 8.73. The van der Waals surface area contributed by atoms with Crippen molar-refractivity contribution in [2.45, 2.75) is 52.1 Å². The van der Waals surface area contributed by atoms with Crippen LogP contribution < -0.4 is 14.4 Å². The van der Waals surface area contributed by atoms with Crippen molar-refractivity contribution in [1.82, 2.24) is 10.2 Å². The normalized spacial score (nSPS) is 12.0. The fourth-order valence-corrected chi connectivity index (χ4v) is 6.09. The average molecular weight is 628 g/mol. The quantitative estimate of drug-likeness (QED) is 0.183. The highest BCUT2D eigenvalue weighted by atomic mass is 32.2. The van der Waals surface area contributed by atoms with Gasteiger partial charge in [0, 0.05) is 13.1 Å². The third-order valence-electron chi connectivity index (χ3n) is 7.45. The van der Waals surface area contributed by atoms with Crippen LogP contribution in [0.2, 0.25) is 0 Å². The van der Waals surface area contributed by atoms with Crippen molar-refractivity contribution in [3.8, 4) is 11.5 Å². The number of hydrogen-bond donors (Lipinski definition) is 1. The molecule has 9 heteroatoms. The molecule has 1 unspecified atom stereocenters. The number of carbonyl (C=O) groups is 2. The van der Waals surface area contributed by atoms with Crippen molar-refractivity contribution in [1.29, 1.82) is 0 Å². The SMILES string of the molecule is Cc1ccc(S(=O)(=O)N(CC(=O)N(Cc2ccccc2C)C(C)C(=O)NCC(C)C)c2ccc(Oc3ccccc3)cc2)cc1. The number of hydrogen-bond acceptors (Lipinski definition) is 5. The van der Waals surface area contributed by atoms with Gasteiger partial charge in [0.25, 0.3) is 10.0 Å². The smallest absolute Gasteiger partial charge is 0.264 e. The van der Waals surface area contributed by atoms with Crippen LogP contribution in [-0.4, -0.2) is 44.3 Å². The lowest BCUT2D eigenvalue weighted by molar-refractivity contribution is -0.139. The number of carbonyl (C=O) groups excluding carboxylic acids is 2. The molecule has 1 N–H and O–H groups in total. The molecule has 4 aromatic carbocycles.